The minimum absolute atomic E-state index is 0.0531. The first-order valence-electron chi connectivity index (χ1n) is 6.33. The van der Waals surface area contributed by atoms with E-state index in [9.17, 15) is 4.79 Å². The molecule has 0 saturated heterocycles. The number of aromatic amines is 1. The van der Waals surface area contributed by atoms with Crippen LogP contribution in [0.25, 0.3) is 10.9 Å². The Morgan fingerprint density at radius 2 is 1.85 bits per heavy atom. The highest BCUT2D eigenvalue weighted by Gasteiger charge is 2.11. The minimum Gasteiger partial charge on any atom is -0.378 e. The Morgan fingerprint density at radius 1 is 1.10 bits per heavy atom. The van der Waals surface area contributed by atoms with E-state index in [1.807, 2.05) is 36.4 Å². The van der Waals surface area contributed by atoms with Gasteiger partial charge in [0.2, 0.25) is 0 Å². The Balaban J connectivity index is 1.75. The molecule has 0 radical (unpaired) electrons. The van der Waals surface area contributed by atoms with Gasteiger partial charge in [-0.25, -0.2) is 0 Å². The summed E-state index contributed by atoms with van der Waals surface area (Å²) in [5, 5.41) is 4.74. The van der Waals surface area contributed by atoms with Crippen molar-refractivity contribution >= 4 is 34.0 Å². The minimum atomic E-state index is 0.0531. The van der Waals surface area contributed by atoms with Gasteiger partial charge in [0, 0.05) is 33.4 Å². The van der Waals surface area contributed by atoms with Crippen LogP contribution in [0.4, 0.5) is 5.69 Å². The highest BCUT2D eigenvalue weighted by Crippen LogP contribution is 2.19. The van der Waals surface area contributed by atoms with Crippen molar-refractivity contribution in [1.29, 1.82) is 0 Å². The van der Waals surface area contributed by atoms with Crippen molar-refractivity contribution in [2.75, 3.05) is 11.9 Å². The molecule has 0 spiro atoms. The van der Waals surface area contributed by atoms with Gasteiger partial charge in [0.25, 0.3) is 0 Å². The molecule has 0 amide bonds. The van der Waals surface area contributed by atoms with Crippen LogP contribution in [-0.2, 0) is 0 Å². The van der Waals surface area contributed by atoms with Crippen molar-refractivity contribution in [1.82, 2.24) is 4.98 Å². The maximum atomic E-state index is 12.3. The fourth-order valence-corrected chi connectivity index (χ4v) is 2.27. The number of carbonyl (C=O) groups excluding carboxylic acids is 1. The van der Waals surface area contributed by atoms with Gasteiger partial charge < -0.3 is 10.3 Å². The van der Waals surface area contributed by atoms with Gasteiger partial charge in [-0.05, 0) is 30.3 Å². The molecule has 3 aromatic rings. The van der Waals surface area contributed by atoms with E-state index in [2.05, 4.69) is 10.3 Å². The lowest BCUT2D eigenvalue weighted by Gasteiger charge is -2.05. The summed E-state index contributed by atoms with van der Waals surface area (Å²) in [5.41, 5.74) is 2.56. The zero-order chi connectivity index (χ0) is 13.9. The monoisotopic (exact) mass is 284 g/mol. The number of hydrogen-bond acceptors (Lipinski definition) is 2. The molecule has 1 aromatic heterocycles. The molecule has 0 fully saturated rings. The first kappa shape index (κ1) is 12.8. The van der Waals surface area contributed by atoms with Crippen LogP contribution in [0.15, 0.2) is 54.7 Å². The topological polar surface area (TPSA) is 44.9 Å². The fourth-order valence-electron chi connectivity index (χ4n) is 2.15. The molecule has 0 bridgehead atoms. The Morgan fingerprint density at radius 3 is 2.65 bits per heavy atom. The van der Waals surface area contributed by atoms with Gasteiger partial charge in [-0.3, -0.25) is 4.79 Å². The second-order valence-corrected chi connectivity index (χ2v) is 4.97. The first-order valence-corrected chi connectivity index (χ1v) is 6.70. The maximum Gasteiger partial charge on any atom is 0.183 e. The zero-order valence-electron chi connectivity index (χ0n) is 10.7. The standard InChI is InChI=1S/C16H13ClN2O/c17-11-5-7-12(8-6-11)18-10-16(20)14-9-19-15-4-2-1-3-13(14)15/h1-9,18-19H,10H2. The van der Waals surface area contributed by atoms with E-state index in [0.29, 0.717) is 10.6 Å². The first-order chi connectivity index (χ1) is 9.74. The van der Waals surface area contributed by atoms with E-state index in [4.69, 9.17) is 11.6 Å². The van der Waals surface area contributed by atoms with Crippen LogP contribution in [-0.4, -0.2) is 17.3 Å². The molecule has 0 aliphatic carbocycles. The van der Waals surface area contributed by atoms with Gasteiger partial charge in [0.05, 0.1) is 6.54 Å². The smallest absolute Gasteiger partial charge is 0.183 e. The number of halogens is 1. The van der Waals surface area contributed by atoms with Crippen molar-refractivity contribution < 1.29 is 4.79 Å². The molecule has 2 N–H and O–H groups in total. The number of fused-ring (bicyclic) bond motifs is 1. The summed E-state index contributed by atoms with van der Waals surface area (Å²) in [4.78, 5) is 15.4. The Bertz CT molecular complexity index is 747. The Labute approximate surface area is 121 Å². The lowest BCUT2D eigenvalue weighted by atomic mass is 10.1. The summed E-state index contributed by atoms with van der Waals surface area (Å²) < 4.78 is 0. The molecule has 20 heavy (non-hydrogen) atoms. The second-order valence-electron chi connectivity index (χ2n) is 4.53. The number of hydrogen-bond donors (Lipinski definition) is 2. The highest BCUT2D eigenvalue weighted by molar-refractivity contribution is 6.30. The molecule has 3 rings (SSSR count). The van der Waals surface area contributed by atoms with Crippen LogP contribution in [0.5, 0.6) is 0 Å². The second kappa shape index (κ2) is 5.39. The number of para-hydroxylation sites is 1. The Hall–Kier alpha value is -2.26. The van der Waals surface area contributed by atoms with Gasteiger partial charge in [-0.15, -0.1) is 0 Å². The number of benzene rings is 2. The molecule has 0 saturated carbocycles. The summed E-state index contributed by atoms with van der Waals surface area (Å²) in [6, 6.07) is 15.1. The van der Waals surface area contributed by atoms with Gasteiger partial charge in [-0.2, -0.15) is 0 Å². The quantitative estimate of drug-likeness (QED) is 0.708. The molecule has 3 nitrogen and oxygen atoms in total. The number of anilines is 1. The van der Waals surface area contributed by atoms with Crippen LogP contribution in [0.2, 0.25) is 5.02 Å². The molecule has 0 unspecified atom stereocenters. The fraction of sp³-hybridized carbons (Fsp3) is 0.0625. The van der Waals surface area contributed by atoms with E-state index >= 15 is 0 Å². The van der Waals surface area contributed by atoms with E-state index in [1.54, 1.807) is 18.3 Å². The molecule has 0 aliphatic rings. The molecular weight excluding hydrogens is 272 g/mol. The molecule has 1 heterocycles. The normalized spacial score (nSPS) is 10.7. The van der Waals surface area contributed by atoms with Crippen LogP contribution in [0.1, 0.15) is 10.4 Å². The Kier molecular flexibility index (Phi) is 3.44. The maximum absolute atomic E-state index is 12.3. The van der Waals surface area contributed by atoms with Crippen molar-refractivity contribution in [3.05, 3.63) is 65.3 Å². The van der Waals surface area contributed by atoms with Gasteiger partial charge >= 0.3 is 0 Å². The lowest BCUT2D eigenvalue weighted by molar-refractivity contribution is 0.101. The number of carbonyl (C=O) groups is 1. The predicted octanol–water partition coefficient (Wildman–Crippen LogP) is 4.12. The average Bonchev–Trinajstić information content (AvgIpc) is 2.90. The number of ketones is 1. The summed E-state index contributed by atoms with van der Waals surface area (Å²) in [6.45, 7) is 0.253. The number of Topliss-reactive ketones (excluding diaryl/α,β-unsaturated/α-hetero) is 1. The van der Waals surface area contributed by atoms with Crippen molar-refractivity contribution in [2.45, 2.75) is 0 Å². The number of rotatable bonds is 4. The molecule has 0 aliphatic heterocycles. The van der Waals surface area contributed by atoms with Crippen LogP contribution >= 0.6 is 11.6 Å². The largest absolute Gasteiger partial charge is 0.378 e. The number of nitrogens with one attached hydrogen (secondary N) is 2. The average molecular weight is 285 g/mol. The molecule has 0 atom stereocenters. The summed E-state index contributed by atoms with van der Waals surface area (Å²) in [7, 11) is 0. The number of H-pyrrole nitrogens is 1. The molecular formula is C16H13ClN2O. The van der Waals surface area contributed by atoms with E-state index in [-0.39, 0.29) is 12.3 Å². The van der Waals surface area contributed by atoms with E-state index in [0.717, 1.165) is 16.6 Å². The van der Waals surface area contributed by atoms with Gasteiger partial charge in [0.1, 0.15) is 0 Å². The number of aromatic nitrogens is 1. The van der Waals surface area contributed by atoms with E-state index < -0.39 is 0 Å². The molecule has 4 heteroatoms. The van der Waals surface area contributed by atoms with Gasteiger partial charge in [0.15, 0.2) is 5.78 Å². The van der Waals surface area contributed by atoms with Crippen molar-refractivity contribution in [2.24, 2.45) is 0 Å². The van der Waals surface area contributed by atoms with E-state index in [1.165, 1.54) is 0 Å². The predicted molar refractivity (Wildman–Crippen MR) is 82.6 cm³/mol. The van der Waals surface area contributed by atoms with Crippen LogP contribution in [0, 0.1) is 0 Å². The highest BCUT2D eigenvalue weighted by atomic mass is 35.5. The molecule has 100 valence electrons. The van der Waals surface area contributed by atoms with Crippen molar-refractivity contribution in [3.63, 3.8) is 0 Å². The van der Waals surface area contributed by atoms with Crippen molar-refractivity contribution in [3.8, 4) is 0 Å². The summed E-state index contributed by atoms with van der Waals surface area (Å²) >= 11 is 5.82. The van der Waals surface area contributed by atoms with Gasteiger partial charge in [-0.1, -0.05) is 29.8 Å². The zero-order valence-corrected chi connectivity index (χ0v) is 11.4. The third kappa shape index (κ3) is 2.53. The third-order valence-electron chi connectivity index (χ3n) is 3.19. The summed E-state index contributed by atoms with van der Waals surface area (Å²) in [6.07, 6.45) is 1.76. The molecule has 2 aromatic carbocycles. The SMILES string of the molecule is O=C(CNc1ccc(Cl)cc1)c1c[nH]c2ccccc12. The lowest BCUT2D eigenvalue weighted by Crippen LogP contribution is -2.13. The third-order valence-corrected chi connectivity index (χ3v) is 3.44. The van der Waals surface area contributed by atoms with Crippen LogP contribution in [0.3, 0.4) is 0 Å². The summed E-state index contributed by atoms with van der Waals surface area (Å²) in [5.74, 6) is 0.0531. The van der Waals surface area contributed by atoms with Crippen LogP contribution < -0.4 is 5.32 Å².